The molecule has 6 heteroatoms. The lowest BCUT2D eigenvalue weighted by molar-refractivity contribution is -0.137. The first-order valence-electron chi connectivity index (χ1n) is 6.72. The molecule has 1 saturated heterocycles. The number of aliphatic carboxylic acids is 1. The van der Waals surface area contributed by atoms with Crippen LogP contribution in [0.25, 0.3) is 0 Å². The Morgan fingerprint density at radius 1 is 1.47 bits per heavy atom. The summed E-state index contributed by atoms with van der Waals surface area (Å²) < 4.78 is 5.50. The van der Waals surface area contributed by atoms with Gasteiger partial charge in [-0.1, -0.05) is 0 Å². The third-order valence-corrected chi connectivity index (χ3v) is 3.30. The van der Waals surface area contributed by atoms with Gasteiger partial charge in [0.2, 0.25) is 0 Å². The molecule has 0 saturated carbocycles. The fourth-order valence-corrected chi connectivity index (χ4v) is 2.12. The van der Waals surface area contributed by atoms with Crippen molar-refractivity contribution in [3.05, 3.63) is 0 Å². The van der Waals surface area contributed by atoms with Crippen LogP contribution in [0.2, 0.25) is 0 Å². The van der Waals surface area contributed by atoms with Crippen LogP contribution >= 0.6 is 0 Å². The van der Waals surface area contributed by atoms with Gasteiger partial charge in [-0.15, -0.1) is 0 Å². The predicted octanol–water partition coefficient (Wildman–Crippen LogP) is 1.50. The summed E-state index contributed by atoms with van der Waals surface area (Å²) >= 11 is 0. The van der Waals surface area contributed by atoms with Gasteiger partial charge in [0.15, 0.2) is 0 Å². The molecule has 1 aliphatic heterocycles. The molecule has 0 bridgehead atoms. The van der Waals surface area contributed by atoms with Gasteiger partial charge in [0.1, 0.15) is 0 Å². The van der Waals surface area contributed by atoms with E-state index >= 15 is 0 Å². The van der Waals surface area contributed by atoms with E-state index in [4.69, 9.17) is 9.84 Å². The van der Waals surface area contributed by atoms with E-state index in [-0.39, 0.29) is 24.6 Å². The fourth-order valence-electron chi connectivity index (χ4n) is 2.12. The second kappa shape index (κ2) is 6.75. The van der Waals surface area contributed by atoms with Gasteiger partial charge < -0.3 is 20.5 Å². The number of nitrogens with one attached hydrogen (secondary N) is 2. The number of hydrogen-bond donors (Lipinski definition) is 3. The first kappa shape index (κ1) is 15.8. The van der Waals surface area contributed by atoms with Crippen LogP contribution in [0.3, 0.4) is 0 Å². The van der Waals surface area contributed by atoms with E-state index < -0.39 is 11.5 Å². The van der Waals surface area contributed by atoms with Crippen LogP contribution in [-0.4, -0.2) is 41.4 Å². The highest BCUT2D eigenvalue weighted by atomic mass is 16.5. The average Bonchev–Trinajstić information content (AvgIpc) is 2.79. The maximum absolute atomic E-state index is 11.8. The van der Waals surface area contributed by atoms with Gasteiger partial charge in [-0.05, 0) is 40.0 Å². The zero-order chi connectivity index (χ0) is 14.5. The van der Waals surface area contributed by atoms with Crippen molar-refractivity contribution in [2.75, 3.05) is 6.61 Å². The lowest BCUT2D eigenvalue weighted by Crippen LogP contribution is -2.52. The van der Waals surface area contributed by atoms with Crippen molar-refractivity contribution in [2.45, 2.75) is 64.1 Å². The number of ether oxygens (including phenoxy) is 1. The molecule has 110 valence electrons. The zero-order valence-electron chi connectivity index (χ0n) is 11.9. The molecule has 0 aromatic rings. The number of urea groups is 1. The summed E-state index contributed by atoms with van der Waals surface area (Å²) in [6, 6.07) is -0.323. The maximum atomic E-state index is 11.8. The third kappa shape index (κ3) is 5.92. The van der Waals surface area contributed by atoms with Gasteiger partial charge in [0.25, 0.3) is 0 Å². The minimum absolute atomic E-state index is 0.0363. The van der Waals surface area contributed by atoms with E-state index in [1.54, 1.807) is 0 Å². The van der Waals surface area contributed by atoms with Crippen molar-refractivity contribution in [1.29, 1.82) is 0 Å². The Hall–Kier alpha value is -1.30. The summed E-state index contributed by atoms with van der Waals surface area (Å²) in [5, 5.41) is 14.3. The highest BCUT2D eigenvalue weighted by Gasteiger charge is 2.26. The van der Waals surface area contributed by atoms with E-state index in [9.17, 15) is 9.59 Å². The van der Waals surface area contributed by atoms with Gasteiger partial charge in [0, 0.05) is 18.6 Å². The lowest BCUT2D eigenvalue weighted by Gasteiger charge is -2.28. The highest BCUT2D eigenvalue weighted by Crippen LogP contribution is 2.16. The molecular weight excluding hydrogens is 248 g/mol. The van der Waals surface area contributed by atoms with Crippen LogP contribution in [-0.2, 0) is 9.53 Å². The molecule has 1 heterocycles. The Morgan fingerprint density at radius 3 is 2.68 bits per heavy atom. The Bertz CT molecular complexity index is 325. The summed E-state index contributed by atoms with van der Waals surface area (Å²) in [6.07, 6.45) is 2.50. The van der Waals surface area contributed by atoms with Crippen LogP contribution < -0.4 is 10.6 Å². The van der Waals surface area contributed by atoms with Crippen LogP contribution in [0.4, 0.5) is 4.79 Å². The van der Waals surface area contributed by atoms with Gasteiger partial charge in [0.05, 0.1) is 12.1 Å². The molecule has 2 atom stereocenters. The van der Waals surface area contributed by atoms with Crippen LogP contribution in [0.15, 0.2) is 0 Å². The molecule has 1 rings (SSSR count). The standard InChI is InChI=1S/C13H24N2O4/c1-9(10-5-4-8-19-10)14-12(18)15-13(2,3)7-6-11(16)17/h9-10H,4-8H2,1-3H3,(H,16,17)(H2,14,15,18). The topological polar surface area (TPSA) is 87.7 Å². The van der Waals surface area contributed by atoms with Crippen LogP contribution in [0.5, 0.6) is 0 Å². The average molecular weight is 272 g/mol. The highest BCUT2D eigenvalue weighted by molar-refractivity contribution is 5.75. The Balaban J connectivity index is 2.34. The largest absolute Gasteiger partial charge is 0.481 e. The van der Waals surface area contributed by atoms with Crippen molar-refractivity contribution < 1.29 is 19.4 Å². The number of hydrogen-bond acceptors (Lipinski definition) is 3. The van der Waals surface area contributed by atoms with Crippen molar-refractivity contribution in [3.63, 3.8) is 0 Å². The van der Waals surface area contributed by atoms with E-state index in [1.165, 1.54) is 0 Å². The number of carboxylic acid groups (broad SMARTS) is 1. The molecular formula is C13H24N2O4. The summed E-state index contributed by atoms with van der Waals surface area (Å²) in [7, 11) is 0. The molecule has 0 aromatic heterocycles. The maximum Gasteiger partial charge on any atom is 0.315 e. The Kier molecular flexibility index (Phi) is 5.60. The van der Waals surface area contributed by atoms with Crippen molar-refractivity contribution in [2.24, 2.45) is 0 Å². The van der Waals surface area contributed by atoms with Gasteiger partial charge in [-0.2, -0.15) is 0 Å². The number of carboxylic acids is 1. The molecule has 0 aromatic carbocycles. The molecule has 6 nitrogen and oxygen atoms in total. The van der Waals surface area contributed by atoms with E-state index in [1.807, 2.05) is 20.8 Å². The molecule has 3 N–H and O–H groups in total. The predicted molar refractivity (Wildman–Crippen MR) is 71.1 cm³/mol. The molecule has 1 aliphatic rings. The summed E-state index contributed by atoms with van der Waals surface area (Å²) in [6.45, 7) is 6.29. The molecule has 2 unspecified atom stereocenters. The minimum atomic E-state index is -0.858. The normalized spacial score (nSPS) is 20.9. The SMILES string of the molecule is CC(NC(=O)NC(C)(C)CCC(=O)O)C1CCCO1. The Labute approximate surface area is 113 Å². The number of rotatable bonds is 6. The zero-order valence-corrected chi connectivity index (χ0v) is 11.9. The third-order valence-electron chi connectivity index (χ3n) is 3.30. The smallest absolute Gasteiger partial charge is 0.315 e. The van der Waals surface area contributed by atoms with Crippen molar-refractivity contribution in [1.82, 2.24) is 10.6 Å². The van der Waals surface area contributed by atoms with Crippen molar-refractivity contribution in [3.8, 4) is 0 Å². The Morgan fingerprint density at radius 2 is 2.16 bits per heavy atom. The second-order valence-electron chi connectivity index (χ2n) is 5.72. The quantitative estimate of drug-likeness (QED) is 0.683. The molecule has 0 aliphatic carbocycles. The summed E-state index contributed by atoms with van der Waals surface area (Å²) in [5.41, 5.74) is -0.543. The van der Waals surface area contributed by atoms with Gasteiger partial charge in [-0.25, -0.2) is 4.79 Å². The molecule has 2 amide bonds. The molecule has 0 radical (unpaired) electrons. The molecule has 1 fully saturated rings. The van der Waals surface area contributed by atoms with E-state index in [2.05, 4.69) is 10.6 Å². The lowest BCUT2D eigenvalue weighted by atomic mass is 9.99. The second-order valence-corrected chi connectivity index (χ2v) is 5.72. The van der Waals surface area contributed by atoms with Gasteiger partial charge in [-0.3, -0.25) is 4.79 Å². The number of amides is 2. The van der Waals surface area contributed by atoms with Crippen molar-refractivity contribution >= 4 is 12.0 Å². The summed E-state index contributed by atoms with van der Waals surface area (Å²) in [4.78, 5) is 22.4. The van der Waals surface area contributed by atoms with E-state index in [0.29, 0.717) is 6.42 Å². The van der Waals surface area contributed by atoms with Crippen LogP contribution in [0, 0.1) is 0 Å². The summed E-state index contributed by atoms with van der Waals surface area (Å²) in [5.74, 6) is -0.858. The monoisotopic (exact) mass is 272 g/mol. The van der Waals surface area contributed by atoms with Crippen LogP contribution in [0.1, 0.15) is 46.5 Å². The van der Waals surface area contributed by atoms with E-state index in [0.717, 1.165) is 19.4 Å². The number of carbonyl (C=O) groups excluding carboxylic acids is 1. The first-order valence-corrected chi connectivity index (χ1v) is 6.72. The minimum Gasteiger partial charge on any atom is -0.481 e. The molecule has 19 heavy (non-hydrogen) atoms. The number of carbonyl (C=O) groups is 2. The fraction of sp³-hybridized carbons (Fsp3) is 0.846. The van der Waals surface area contributed by atoms with Gasteiger partial charge >= 0.3 is 12.0 Å². The first-order chi connectivity index (χ1) is 8.80. The molecule has 0 spiro atoms.